The van der Waals surface area contributed by atoms with Crippen LogP contribution in [-0.4, -0.2) is 18.4 Å². The van der Waals surface area contributed by atoms with E-state index in [-0.39, 0.29) is 18.4 Å². The first-order valence-corrected chi connectivity index (χ1v) is 7.86. The molecule has 2 amide bonds. The Morgan fingerprint density at radius 1 is 1.00 bits per heavy atom. The van der Waals surface area contributed by atoms with Crippen molar-refractivity contribution >= 4 is 11.8 Å². The quantitative estimate of drug-likeness (QED) is 0.802. The SMILES string of the molecule is Cc1cccc(OCC(=O)NNC(=O)CC(C)c2ccccc2)c1. The van der Waals surface area contributed by atoms with Crippen molar-refractivity contribution in [1.82, 2.24) is 10.9 Å². The third-order valence-corrected chi connectivity index (χ3v) is 3.56. The van der Waals surface area contributed by atoms with Crippen LogP contribution in [0.3, 0.4) is 0 Å². The Morgan fingerprint density at radius 2 is 1.71 bits per heavy atom. The molecule has 5 heteroatoms. The van der Waals surface area contributed by atoms with Gasteiger partial charge in [0.15, 0.2) is 6.61 Å². The fraction of sp³-hybridized carbons (Fsp3) is 0.263. The minimum atomic E-state index is -0.405. The highest BCUT2D eigenvalue weighted by Crippen LogP contribution is 2.17. The fourth-order valence-electron chi connectivity index (χ4n) is 2.26. The lowest BCUT2D eigenvalue weighted by Crippen LogP contribution is -2.44. The second kappa shape index (κ2) is 8.72. The highest BCUT2D eigenvalue weighted by molar-refractivity contribution is 5.83. The minimum Gasteiger partial charge on any atom is -0.484 e. The normalized spacial score (nSPS) is 11.4. The molecular weight excluding hydrogens is 304 g/mol. The molecule has 1 unspecified atom stereocenters. The second-order valence-corrected chi connectivity index (χ2v) is 5.72. The molecular formula is C19H22N2O3. The van der Waals surface area contributed by atoms with Gasteiger partial charge in [0, 0.05) is 6.42 Å². The maximum Gasteiger partial charge on any atom is 0.276 e. The van der Waals surface area contributed by atoms with Gasteiger partial charge in [-0.1, -0.05) is 49.4 Å². The number of hydrogen-bond donors (Lipinski definition) is 2. The minimum absolute atomic E-state index is 0.0756. The summed E-state index contributed by atoms with van der Waals surface area (Å²) in [7, 11) is 0. The maximum absolute atomic E-state index is 11.9. The molecule has 126 valence electrons. The van der Waals surface area contributed by atoms with Crippen LogP contribution in [0.25, 0.3) is 0 Å². The van der Waals surface area contributed by atoms with Crippen molar-refractivity contribution in [2.75, 3.05) is 6.61 Å². The molecule has 0 aliphatic rings. The van der Waals surface area contributed by atoms with E-state index < -0.39 is 5.91 Å². The van der Waals surface area contributed by atoms with Gasteiger partial charge >= 0.3 is 0 Å². The van der Waals surface area contributed by atoms with Crippen molar-refractivity contribution in [3.05, 3.63) is 65.7 Å². The smallest absolute Gasteiger partial charge is 0.276 e. The van der Waals surface area contributed by atoms with E-state index in [9.17, 15) is 9.59 Å². The van der Waals surface area contributed by atoms with Crippen molar-refractivity contribution in [3.8, 4) is 5.75 Å². The molecule has 2 rings (SSSR count). The predicted molar refractivity (Wildman–Crippen MR) is 92.4 cm³/mol. The topological polar surface area (TPSA) is 67.4 Å². The van der Waals surface area contributed by atoms with Crippen LogP contribution in [0.2, 0.25) is 0 Å². The zero-order valence-electron chi connectivity index (χ0n) is 13.9. The lowest BCUT2D eigenvalue weighted by Gasteiger charge is -2.13. The Hall–Kier alpha value is -2.82. The molecule has 0 aromatic heterocycles. The van der Waals surface area contributed by atoms with Crippen molar-refractivity contribution in [2.45, 2.75) is 26.2 Å². The van der Waals surface area contributed by atoms with Crippen LogP contribution in [0.1, 0.15) is 30.4 Å². The average molecular weight is 326 g/mol. The van der Waals surface area contributed by atoms with E-state index in [0.717, 1.165) is 11.1 Å². The molecule has 2 aromatic rings. The van der Waals surface area contributed by atoms with Crippen LogP contribution in [0.5, 0.6) is 5.75 Å². The molecule has 0 radical (unpaired) electrons. The van der Waals surface area contributed by atoms with E-state index in [1.165, 1.54) is 0 Å². The largest absolute Gasteiger partial charge is 0.484 e. The van der Waals surface area contributed by atoms with Crippen molar-refractivity contribution < 1.29 is 14.3 Å². The summed E-state index contributed by atoms with van der Waals surface area (Å²) in [6.45, 7) is 3.76. The van der Waals surface area contributed by atoms with Gasteiger partial charge in [-0.05, 0) is 36.1 Å². The highest BCUT2D eigenvalue weighted by atomic mass is 16.5. The number of carbonyl (C=O) groups excluding carboxylic acids is 2. The number of nitrogens with one attached hydrogen (secondary N) is 2. The molecule has 5 nitrogen and oxygen atoms in total. The molecule has 0 heterocycles. The first-order valence-electron chi connectivity index (χ1n) is 7.86. The third-order valence-electron chi connectivity index (χ3n) is 3.56. The Bertz CT molecular complexity index is 686. The molecule has 1 atom stereocenters. The fourth-order valence-corrected chi connectivity index (χ4v) is 2.26. The summed E-state index contributed by atoms with van der Waals surface area (Å²) in [5, 5.41) is 0. The molecule has 0 saturated carbocycles. The van der Waals surface area contributed by atoms with Crippen LogP contribution in [0, 0.1) is 6.92 Å². The number of hydrogen-bond acceptors (Lipinski definition) is 3. The standard InChI is InChI=1S/C19H22N2O3/c1-14-7-6-10-17(11-14)24-13-19(23)21-20-18(22)12-15(2)16-8-4-3-5-9-16/h3-11,15H,12-13H2,1-2H3,(H,20,22)(H,21,23). The number of ether oxygens (including phenoxy) is 1. The van der Waals surface area contributed by atoms with Gasteiger partial charge in [-0.3, -0.25) is 20.4 Å². The number of benzene rings is 2. The van der Waals surface area contributed by atoms with E-state index in [2.05, 4.69) is 10.9 Å². The number of amides is 2. The molecule has 0 spiro atoms. The van der Waals surface area contributed by atoms with E-state index in [1.54, 1.807) is 6.07 Å². The average Bonchev–Trinajstić information content (AvgIpc) is 2.59. The molecule has 0 aliphatic carbocycles. The Kier molecular flexibility index (Phi) is 6.37. The number of aryl methyl sites for hydroxylation is 1. The third kappa shape index (κ3) is 5.76. The predicted octanol–water partition coefficient (Wildman–Crippen LogP) is 2.72. The first kappa shape index (κ1) is 17.5. The number of hydrazine groups is 1. The number of carbonyl (C=O) groups is 2. The molecule has 2 N–H and O–H groups in total. The van der Waals surface area contributed by atoms with Gasteiger partial charge in [-0.2, -0.15) is 0 Å². The van der Waals surface area contributed by atoms with Gasteiger partial charge in [0.05, 0.1) is 0 Å². The summed E-state index contributed by atoms with van der Waals surface area (Å²) in [4.78, 5) is 23.6. The molecule has 0 bridgehead atoms. The monoisotopic (exact) mass is 326 g/mol. The van der Waals surface area contributed by atoms with Gasteiger partial charge in [0.2, 0.25) is 5.91 Å². The van der Waals surface area contributed by atoms with Crippen LogP contribution in [0.15, 0.2) is 54.6 Å². The Balaban J connectivity index is 1.70. The summed E-state index contributed by atoms with van der Waals surface area (Å²) in [6, 6.07) is 17.2. The number of rotatable bonds is 6. The molecule has 0 aliphatic heterocycles. The lowest BCUT2D eigenvalue weighted by atomic mass is 9.98. The maximum atomic E-state index is 11.9. The van der Waals surface area contributed by atoms with E-state index in [4.69, 9.17) is 4.74 Å². The molecule has 0 fully saturated rings. The molecule has 0 saturated heterocycles. The summed E-state index contributed by atoms with van der Waals surface area (Å²) in [5.74, 6) is 0.0494. The van der Waals surface area contributed by atoms with E-state index >= 15 is 0 Å². The molecule has 2 aromatic carbocycles. The van der Waals surface area contributed by atoms with Crippen LogP contribution in [-0.2, 0) is 9.59 Å². The zero-order chi connectivity index (χ0) is 17.4. The summed E-state index contributed by atoms with van der Waals surface area (Å²) in [5.41, 5.74) is 6.91. The van der Waals surface area contributed by atoms with Gasteiger partial charge < -0.3 is 4.74 Å². The van der Waals surface area contributed by atoms with Gasteiger partial charge in [-0.25, -0.2) is 0 Å². The summed E-state index contributed by atoms with van der Waals surface area (Å²) < 4.78 is 5.37. The van der Waals surface area contributed by atoms with E-state index in [1.807, 2.05) is 62.4 Å². The van der Waals surface area contributed by atoms with E-state index in [0.29, 0.717) is 12.2 Å². The Labute approximate surface area is 142 Å². The summed E-state index contributed by atoms with van der Waals surface area (Å²) >= 11 is 0. The van der Waals surface area contributed by atoms with Crippen LogP contribution >= 0.6 is 0 Å². The van der Waals surface area contributed by atoms with Crippen molar-refractivity contribution in [1.29, 1.82) is 0 Å². The highest BCUT2D eigenvalue weighted by Gasteiger charge is 2.12. The second-order valence-electron chi connectivity index (χ2n) is 5.72. The summed E-state index contributed by atoms with van der Waals surface area (Å²) in [6.07, 6.45) is 0.295. The van der Waals surface area contributed by atoms with Crippen molar-refractivity contribution in [3.63, 3.8) is 0 Å². The van der Waals surface area contributed by atoms with Crippen molar-refractivity contribution in [2.24, 2.45) is 0 Å². The van der Waals surface area contributed by atoms with Crippen LogP contribution < -0.4 is 15.6 Å². The van der Waals surface area contributed by atoms with Gasteiger partial charge in [0.25, 0.3) is 5.91 Å². The Morgan fingerprint density at radius 3 is 2.42 bits per heavy atom. The lowest BCUT2D eigenvalue weighted by molar-refractivity contribution is -0.130. The van der Waals surface area contributed by atoms with Gasteiger partial charge in [-0.15, -0.1) is 0 Å². The zero-order valence-corrected chi connectivity index (χ0v) is 13.9. The molecule has 24 heavy (non-hydrogen) atoms. The first-order chi connectivity index (χ1) is 11.5. The van der Waals surface area contributed by atoms with Crippen LogP contribution in [0.4, 0.5) is 0 Å². The van der Waals surface area contributed by atoms with Gasteiger partial charge in [0.1, 0.15) is 5.75 Å².